The molecule has 3 aromatic rings. The fraction of sp³-hybridized carbons (Fsp3) is 0.333. The van der Waals surface area contributed by atoms with E-state index >= 15 is 0 Å². The third-order valence-electron chi connectivity index (χ3n) is 4.90. The van der Waals surface area contributed by atoms with Crippen molar-refractivity contribution in [3.8, 4) is 5.75 Å². The molecule has 0 bridgehead atoms. The topological polar surface area (TPSA) is 89.5 Å². The maximum atomic E-state index is 14.0. The fourth-order valence-corrected chi connectivity index (χ4v) is 3.49. The molecule has 0 saturated carbocycles. The number of hydrogen-bond acceptors (Lipinski definition) is 7. The van der Waals surface area contributed by atoms with Crippen LogP contribution in [0.4, 0.5) is 15.9 Å². The second-order valence-corrected chi connectivity index (χ2v) is 7.05. The van der Waals surface area contributed by atoms with E-state index in [2.05, 4.69) is 25.2 Å². The highest BCUT2D eigenvalue weighted by Crippen LogP contribution is 2.28. The molecule has 1 fully saturated rings. The number of fused-ring (bicyclic) bond motifs is 1. The molecule has 0 spiro atoms. The summed E-state index contributed by atoms with van der Waals surface area (Å²) in [5.41, 5.74) is 2.52. The highest BCUT2D eigenvalue weighted by atomic mass is 19.1. The van der Waals surface area contributed by atoms with Crippen LogP contribution < -0.4 is 15.0 Å². The number of amides is 1. The lowest BCUT2D eigenvalue weighted by atomic mass is 10.1. The van der Waals surface area contributed by atoms with Crippen LogP contribution in [0.1, 0.15) is 21.9 Å². The Balaban J connectivity index is 1.74. The lowest BCUT2D eigenvalue weighted by molar-refractivity contribution is 0.101. The molecule has 8 nitrogen and oxygen atoms in total. The largest absolute Gasteiger partial charge is 0.494 e. The van der Waals surface area contributed by atoms with Crippen LogP contribution in [-0.4, -0.2) is 54.3 Å². The van der Waals surface area contributed by atoms with Crippen molar-refractivity contribution in [2.24, 2.45) is 0 Å². The predicted molar refractivity (Wildman–Crippen MR) is 111 cm³/mol. The van der Waals surface area contributed by atoms with E-state index < -0.39 is 11.7 Å². The van der Waals surface area contributed by atoms with Gasteiger partial charge in [-0.15, -0.1) is 0 Å². The number of aryl methyl sites for hydroxylation is 2. The van der Waals surface area contributed by atoms with Crippen molar-refractivity contribution in [1.29, 1.82) is 0 Å². The molecule has 1 amide bonds. The van der Waals surface area contributed by atoms with Gasteiger partial charge in [0.1, 0.15) is 5.82 Å². The third kappa shape index (κ3) is 3.88. The van der Waals surface area contributed by atoms with E-state index in [1.165, 1.54) is 19.2 Å². The Morgan fingerprint density at radius 3 is 2.63 bits per heavy atom. The number of nitrogens with one attached hydrogen (secondary N) is 1. The standard InChI is InChI=1S/C21H22FN5O3/c1-12-10-13(2)23-18-17(12)20(27-6-8-30-9-7-27)26-19(25-18)21(28)24-14-4-5-16(29-3)15(22)11-14/h4-5,10-11H,6-9H2,1-3H3,(H,24,28). The molecule has 156 valence electrons. The molecule has 1 aliphatic heterocycles. The number of aromatic nitrogens is 3. The first-order valence-corrected chi connectivity index (χ1v) is 9.60. The van der Waals surface area contributed by atoms with Crippen LogP contribution in [0.3, 0.4) is 0 Å². The second kappa shape index (κ2) is 8.19. The number of hydrogen-bond donors (Lipinski definition) is 1. The molecule has 1 saturated heterocycles. The molecule has 30 heavy (non-hydrogen) atoms. The number of methoxy groups -OCH3 is 1. The van der Waals surface area contributed by atoms with Gasteiger partial charge in [-0.3, -0.25) is 4.79 Å². The highest BCUT2D eigenvalue weighted by molar-refractivity contribution is 6.04. The molecule has 2 aromatic heterocycles. The third-order valence-corrected chi connectivity index (χ3v) is 4.90. The van der Waals surface area contributed by atoms with Crippen molar-refractivity contribution < 1.29 is 18.7 Å². The van der Waals surface area contributed by atoms with E-state index in [0.29, 0.717) is 37.8 Å². The maximum absolute atomic E-state index is 14.0. The van der Waals surface area contributed by atoms with Crippen molar-refractivity contribution in [3.63, 3.8) is 0 Å². The Labute approximate surface area is 173 Å². The summed E-state index contributed by atoms with van der Waals surface area (Å²) in [6.07, 6.45) is 0. The van der Waals surface area contributed by atoms with Crippen LogP contribution >= 0.6 is 0 Å². The van der Waals surface area contributed by atoms with Crippen molar-refractivity contribution in [1.82, 2.24) is 15.0 Å². The van der Waals surface area contributed by atoms with E-state index in [1.807, 2.05) is 19.9 Å². The molecule has 4 rings (SSSR count). The summed E-state index contributed by atoms with van der Waals surface area (Å²) in [6, 6.07) is 6.15. The van der Waals surface area contributed by atoms with E-state index in [0.717, 1.165) is 16.6 Å². The lowest BCUT2D eigenvalue weighted by Gasteiger charge is -2.29. The molecule has 1 aliphatic rings. The van der Waals surface area contributed by atoms with Crippen LogP contribution in [0.2, 0.25) is 0 Å². The normalized spacial score (nSPS) is 14.1. The molecule has 9 heteroatoms. The minimum Gasteiger partial charge on any atom is -0.494 e. The minimum absolute atomic E-state index is 0.0299. The average Bonchev–Trinajstić information content (AvgIpc) is 2.73. The van der Waals surface area contributed by atoms with Gasteiger partial charge in [-0.2, -0.15) is 0 Å². The molecule has 0 atom stereocenters. The number of halogens is 1. The molecular weight excluding hydrogens is 389 g/mol. The van der Waals surface area contributed by atoms with E-state index in [-0.39, 0.29) is 17.3 Å². The minimum atomic E-state index is -0.573. The van der Waals surface area contributed by atoms with Gasteiger partial charge in [0, 0.05) is 30.5 Å². The summed E-state index contributed by atoms with van der Waals surface area (Å²) in [4.78, 5) is 28.4. The first-order chi connectivity index (χ1) is 14.5. The second-order valence-electron chi connectivity index (χ2n) is 7.05. The van der Waals surface area contributed by atoms with Gasteiger partial charge in [-0.25, -0.2) is 19.3 Å². The van der Waals surface area contributed by atoms with Gasteiger partial charge < -0.3 is 19.7 Å². The van der Waals surface area contributed by atoms with Crippen LogP contribution in [0.15, 0.2) is 24.3 Å². The van der Waals surface area contributed by atoms with E-state index in [4.69, 9.17) is 9.47 Å². The number of nitrogens with zero attached hydrogens (tertiary/aromatic N) is 4. The fourth-order valence-electron chi connectivity index (χ4n) is 3.49. The van der Waals surface area contributed by atoms with Gasteiger partial charge in [0.05, 0.1) is 25.7 Å². The predicted octanol–water partition coefficient (Wildman–Crippen LogP) is 2.88. The number of carbonyl (C=O) groups excluding carboxylic acids is 1. The highest BCUT2D eigenvalue weighted by Gasteiger charge is 2.22. The van der Waals surface area contributed by atoms with Crippen LogP contribution in [-0.2, 0) is 4.74 Å². The Kier molecular flexibility index (Phi) is 5.45. The Hall–Kier alpha value is -3.33. The van der Waals surface area contributed by atoms with Gasteiger partial charge in [0.15, 0.2) is 17.2 Å². The van der Waals surface area contributed by atoms with Crippen molar-refractivity contribution in [3.05, 3.63) is 47.2 Å². The zero-order valence-electron chi connectivity index (χ0n) is 17.0. The zero-order valence-corrected chi connectivity index (χ0v) is 17.0. The van der Waals surface area contributed by atoms with Crippen LogP contribution in [0.25, 0.3) is 11.0 Å². The Morgan fingerprint density at radius 2 is 1.93 bits per heavy atom. The first kappa shape index (κ1) is 20.0. The molecular formula is C21H22FN5O3. The summed E-state index contributed by atoms with van der Waals surface area (Å²) in [6.45, 7) is 6.33. The number of ether oxygens (including phenoxy) is 2. The Morgan fingerprint density at radius 1 is 1.17 bits per heavy atom. The first-order valence-electron chi connectivity index (χ1n) is 9.60. The number of benzene rings is 1. The molecule has 1 N–H and O–H groups in total. The van der Waals surface area contributed by atoms with Gasteiger partial charge in [0.25, 0.3) is 5.91 Å². The number of pyridine rings is 1. The van der Waals surface area contributed by atoms with Crippen LogP contribution in [0.5, 0.6) is 5.75 Å². The van der Waals surface area contributed by atoms with Gasteiger partial charge in [-0.1, -0.05) is 0 Å². The summed E-state index contributed by atoms with van der Waals surface area (Å²) in [5, 5.41) is 3.46. The molecule has 3 heterocycles. The number of carbonyl (C=O) groups is 1. The van der Waals surface area contributed by atoms with E-state index in [1.54, 1.807) is 6.07 Å². The number of morpholine rings is 1. The monoisotopic (exact) mass is 411 g/mol. The van der Waals surface area contributed by atoms with E-state index in [9.17, 15) is 9.18 Å². The average molecular weight is 411 g/mol. The van der Waals surface area contributed by atoms with Crippen molar-refractivity contribution in [2.45, 2.75) is 13.8 Å². The lowest BCUT2D eigenvalue weighted by Crippen LogP contribution is -2.37. The van der Waals surface area contributed by atoms with Crippen LogP contribution in [0, 0.1) is 19.7 Å². The molecule has 0 unspecified atom stereocenters. The number of rotatable bonds is 4. The van der Waals surface area contributed by atoms with Gasteiger partial charge in [-0.05, 0) is 37.6 Å². The zero-order chi connectivity index (χ0) is 21.3. The smallest absolute Gasteiger partial charge is 0.293 e. The summed E-state index contributed by atoms with van der Waals surface area (Å²) >= 11 is 0. The molecule has 0 aliphatic carbocycles. The van der Waals surface area contributed by atoms with Crippen molar-refractivity contribution in [2.75, 3.05) is 43.6 Å². The molecule has 1 aromatic carbocycles. The quantitative estimate of drug-likeness (QED) is 0.706. The SMILES string of the molecule is COc1ccc(NC(=O)c2nc(N3CCOCC3)c3c(C)cc(C)nc3n2)cc1F. The summed E-state index contributed by atoms with van der Waals surface area (Å²) in [7, 11) is 1.38. The number of anilines is 2. The molecule has 0 radical (unpaired) electrons. The summed E-state index contributed by atoms with van der Waals surface area (Å²) < 4.78 is 24.3. The maximum Gasteiger partial charge on any atom is 0.293 e. The Bertz CT molecular complexity index is 1120. The summed E-state index contributed by atoms with van der Waals surface area (Å²) in [5.74, 6) is -0.398. The van der Waals surface area contributed by atoms with Gasteiger partial charge >= 0.3 is 0 Å². The van der Waals surface area contributed by atoms with Crippen molar-refractivity contribution >= 4 is 28.4 Å². The van der Waals surface area contributed by atoms with Gasteiger partial charge in [0.2, 0.25) is 5.82 Å².